The Morgan fingerprint density at radius 1 is 0.727 bits per heavy atom. The van der Waals surface area contributed by atoms with Gasteiger partial charge in [-0.2, -0.15) is 0 Å². The van der Waals surface area contributed by atoms with Crippen molar-refractivity contribution in [1.29, 1.82) is 0 Å². The van der Waals surface area contributed by atoms with E-state index in [0.29, 0.717) is 0 Å². The maximum Gasteiger partial charge on any atom is 0.673 e. The molecule has 0 aliphatic rings. The lowest BCUT2D eigenvalue weighted by Crippen LogP contribution is -2.15. The molecule has 0 rings (SSSR count). The van der Waals surface area contributed by atoms with E-state index in [1.54, 1.807) is 24.6 Å². The number of hydrogen-bond acceptors (Lipinski definition) is 0. The largest absolute Gasteiger partial charge is 0.673 e. The number of hydrogen-bond donors (Lipinski definition) is 0. The van der Waals surface area contributed by atoms with E-state index in [0.717, 1.165) is 5.92 Å². The molecule has 0 amide bonds. The van der Waals surface area contributed by atoms with Gasteiger partial charge < -0.3 is 17.3 Å². The summed E-state index contributed by atoms with van der Waals surface area (Å²) < 4.78 is 39.0. The Morgan fingerprint density at radius 2 is 1.00 bits per heavy atom. The molecule has 0 saturated carbocycles. The van der Waals surface area contributed by atoms with Gasteiger partial charge in [0.15, 0.2) is 0 Å². The molecule has 0 N–H and O–H groups in total. The second-order valence-electron chi connectivity index (χ2n) is 6.64. The van der Waals surface area contributed by atoms with Crippen LogP contribution in [0.4, 0.5) is 17.3 Å². The zero-order chi connectivity index (χ0) is 17.6. The molecule has 0 aliphatic heterocycles. The van der Waals surface area contributed by atoms with Gasteiger partial charge >= 0.3 is 7.25 Å². The second-order valence-corrected chi connectivity index (χ2v) is 11.0. The maximum absolute atomic E-state index is 9.75. The quantitative estimate of drug-likeness (QED) is 0.208. The highest BCUT2D eigenvalue weighted by Crippen LogP contribution is 2.61. The van der Waals surface area contributed by atoms with Crippen molar-refractivity contribution in [1.82, 2.24) is 0 Å². The molecule has 0 fully saturated rings. The van der Waals surface area contributed by atoms with E-state index in [4.69, 9.17) is 0 Å². The van der Waals surface area contributed by atoms with Crippen molar-refractivity contribution in [2.24, 2.45) is 5.92 Å². The van der Waals surface area contributed by atoms with E-state index < -0.39 is 14.5 Å². The molecule has 0 aliphatic carbocycles. The van der Waals surface area contributed by atoms with Crippen LogP contribution in [0.1, 0.15) is 73.1 Å². The molecule has 0 nitrogen and oxygen atoms in total. The van der Waals surface area contributed by atoms with Gasteiger partial charge in [0.1, 0.15) is 0 Å². The van der Waals surface area contributed by atoms with Crippen molar-refractivity contribution >= 4 is 14.5 Å². The summed E-state index contributed by atoms with van der Waals surface area (Å²) in [5.74, 6) is 0.911. The van der Waals surface area contributed by atoms with Crippen LogP contribution in [0.15, 0.2) is 0 Å². The Balaban J connectivity index is 0. The fourth-order valence-corrected chi connectivity index (χ4v) is 8.59. The van der Waals surface area contributed by atoms with E-state index in [1.807, 2.05) is 0 Å². The SMILES string of the molecule is CCCC[P+](CCCC)(CCCC)CC(C)C.F[B-](F)(F)F. The third-order valence-corrected chi connectivity index (χ3v) is 9.01. The van der Waals surface area contributed by atoms with Crippen molar-refractivity contribution in [2.75, 3.05) is 24.6 Å². The van der Waals surface area contributed by atoms with Crippen LogP contribution in [-0.4, -0.2) is 31.9 Å². The molecular weight excluding hydrogens is 310 g/mol. The van der Waals surface area contributed by atoms with E-state index in [1.165, 1.54) is 38.5 Å². The van der Waals surface area contributed by atoms with E-state index in [2.05, 4.69) is 34.6 Å². The first-order chi connectivity index (χ1) is 10.1. The Labute approximate surface area is 136 Å². The minimum Gasteiger partial charge on any atom is -0.418 e. The van der Waals surface area contributed by atoms with E-state index >= 15 is 0 Å². The predicted octanol–water partition coefficient (Wildman–Crippen LogP) is 7.36. The normalized spacial score (nSPS) is 12.3. The highest BCUT2D eigenvalue weighted by Gasteiger charge is 2.35. The number of halogens is 4. The molecule has 0 radical (unpaired) electrons. The van der Waals surface area contributed by atoms with Gasteiger partial charge in [0.2, 0.25) is 0 Å². The zero-order valence-electron chi connectivity index (χ0n) is 15.2. The zero-order valence-corrected chi connectivity index (χ0v) is 16.1. The monoisotopic (exact) mass is 346 g/mol. The van der Waals surface area contributed by atoms with Crippen LogP contribution in [0.3, 0.4) is 0 Å². The van der Waals surface area contributed by atoms with Crippen LogP contribution >= 0.6 is 7.26 Å². The Bertz CT molecular complexity index is 217. The third kappa shape index (κ3) is 18.3. The molecule has 0 aromatic carbocycles. The van der Waals surface area contributed by atoms with Gasteiger partial charge in [0.25, 0.3) is 0 Å². The summed E-state index contributed by atoms with van der Waals surface area (Å²) in [6.07, 6.45) is 14.9. The smallest absolute Gasteiger partial charge is 0.418 e. The van der Waals surface area contributed by atoms with Gasteiger partial charge in [0.05, 0.1) is 24.6 Å². The van der Waals surface area contributed by atoms with Gasteiger partial charge in [-0.15, -0.1) is 0 Å². The summed E-state index contributed by atoms with van der Waals surface area (Å²) in [4.78, 5) is 0. The van der Waals surface area contributed by atoms with Crippen molar-refractivity contribution in [3.8, 4) is 0 Å². The van der Waals surface area contributed by atoms with Crippen LogP contribution in [-0.2, 0) is 0 Å². The van der Waals surface area contributed by atoms with Crippen LogP contribution in [0.2, 0.25) is 0 Å². The van der Waals surface area contributed by atoms with Crippen molar-refractivity contribution in [3.05, 3.63) is 0 Å². The summed E-state index contributed by atoms with van der Waals surface area (Å²) >= 11 is 0. The van der Waals surface area contributed by atoms with Gasteiger partial charge in [-0.3, -0.25) is 0 Å². The molecule has 6 heteroatoms. The van der Waals surface area contributed by atoms with Gasteiger partial charge in [-0.1, -0.05) is 53.9 Å². The molecule has 0 bridgehead atoms. The van der Waals surface area contributed by atoms with Crippen LogP contribution in [0.25, 0.3) is 0 Å². The summed E-state index contributed by atoms with van der Waals surface area (Å²) in [7, 11) is -6.60. The highest BCUT2D eigenvalue weighted by atomic mass is 31.2. The number of rotatable bonds is 11. The molecule has 136 valence electrons. The summed E-state index contributed by atoms with van der Waals surface area (Å²) in [5, 5.41) is 0. The van der Waals surface area contributed by atoms with Crippen LogP contribution in [0, 0.1) is 5.92 Å². The van der Waals surface area contributed by atoms with E-state index in [-0.39, 0.29) is 0 Å². The summed E-state index contributed by atoms with van der Waals surface area (Å²) in [5.41, 5.74) is 0. The topological polar surface area (TPSA) is 0 Å². The lowest BCUT2D eigenvalue weighted by atomic mass is 10.3. The highest BCUT2D eigenvalue weighted by molar-refractivity contribution is 7.75. The molecule has 22 heavy (non-hydrogen) atoms. The molecular formula is C16H36BF4P. The Kier molecular flexibility index (Phi) is 15.2. The van der Waals surface area contributed by atoms with E-state index in [9.17, 15) is 17.3 Å². The van der Waals surface area contributed by atoms with Gasteiger partial charge in [-0.25, -0.2) is 0 Å². The summed E-state index contributed by atoms with van der Waals surface area (Å²) in [6, 6.07) is 0. The molecule has 0 spiro atoms. The molecule has 0 aromatic heterocycles. The minimum absolute atomic E-state index is 0.602. The Hall–Kier alpha value is 0.215. The lowest BCUT2D eigenvalue weighted by molar-refractivity contribution is 0.368. The van der Waals surface area contributed by atoms with Crippen LogP contribution in [0.5, 0.6) is 0 Å². The predicted molar refractivity (Wildman–Crippen MR) is 96.1 cm³/mol. The second kappa shape index (κ2) is 13.6. The van der Waals surface area contributed by atoms with Crippen molar-refractivity contribution in [3.63, 3.8) is 0 Å². The lowest BCUT2D eigenvalue weighted by Gasteiger charge is -2.29. The van der Waals surface area contributed by atoms with Crippen molar-refractivity contribution in [2.45, 2.75) is 73.1 Å². The first-order valence-corrected chi connectivity index (χ1v) is 11.4. The third-order valence-electron chi connectivity index (χ3n) is 3.71. The van der Waals surface area contributed by atoms with Crippen molar-refractivity contribution < 1.29 is 17.3 Å². The maximum atomic E-state index is 9.75. The molecule has 0 unspecified atom stereocenters. The number of unbranched alkanes of at least 4 members (excludes halogenated alkanes) is 3. The fraction of sp³-hybridized carbons (Fsp3) is 1.00. The molecule has 0 heterocycles. The first kappa shape index (κ1) is 24.5. The first-order valence-electron chi connectivity index (χ1n) is 8.82. The molecule has 0 saturated heterocycles. The minimum atomic E-state index is -6.00. The average molecular weight is 346 g/mol. The van der Waals surface area contributed by atoms with Gasteiger partial charge in [-0.05, 0) is 25.2 Å². The average Bonchev–Trinajstić information content (AvgIpc) is 2.38. The standard InChI is InChI=1S/C16H36P.BF4/c1-6-9-12-17(13-10-7-2,14-11-8-3)15-16(4)5;2-1(3,4)5/h16H,6-15H2,1-5H3;/q+1;-1. The van der Waals surface area contributed by atoms with Gasteiger partial charge in [0, 0.05) is 7.26 Å². The fourth-order valence-electron chi connectivity index (χ4n) is 2.86. The molecule has 0 aromatic rings. The molecule has 0 atom stereocenters. The Morgan fingerprint density at radius 3 is 1.18 bits per heavy atom. The van der Waals surface area contributed by atoms with Crippen LogP contribution < -0.4 is 0 Å². The summed E-state index contributed by atoms with van der Waals surface area (Å²) in [6.45, 7) is 11.9.